The molecular weight excluding hydrogens is 316 g/mol. The summed E-state index contributed by atoms with van der Waals surface area (Å²) in [6.07, 6.45) is 0. The molecule has 6 rings (SSSR count). The maximum Gasteiger partial charge on any atom is 0.295 e. The second kappa shape index (κ2) is 4.27. The van der Waals surface area contributed by atoms with Gasteiger partial charge in [-0.15, -0.1) is 0 Å². The summed E-state index contributed by atoms with van der Waals surface area (Å²) in [4.78, 5) is 0. The van der Waals surface area contributed by atoms with Crippen molar-refractivity contribution in [1.82, 2.24) is 4.57 Å². The van der Waals surface area contributed by atoms with Gasteiger partial charge in [-0.25, -0.2) is 4.57 Å². The number of fused-ring (bicyclic) bond motifs is 3. The molecule has 0 atom stereocenters. The van der Waals surface area contributed by atoms with Crippen LogP contribution in [-0.2, 0) is 12.5 Å². The lowest BCUT2D eigenvalue weighted by Crippen LogP contribution is -2.35. The summed E-state index contributed by atoms with van der Waals surface area (Å²) < 4.78 is 4.90. The van der Waals surface area contributed by atoms with Crippen molar-refractivity contribution >= 4 is 38.4 Å². The monoisotopic (exact) mass is 337 g/mol. The van der Waals surface area contributed by atoms with Crippen molar-refractivity contribution in [2.75, 3.05) is 0 Å². The normalized spacial score (nSPS) is 15.2. The minimum atomic E-state index is -0.00912. The highest BCUT2D eigenvalue weighted by molar-refractivity contribution is 6.13. The minimum absolute atomic E-state index is 0.00912. The van der Waals surface area contributed by atoms with Crippen LogP contribution in [-0.4, -0.2) is 4.57 Å². The SMILES string of the molecule is Cc1cccc2c3cccc4c3[n+]3c5c(cccc5n(C)c3c12)C4(C)C. The lowest BCUT2D eigenvalue weighted by molar-refractivity contribution is -0.452. The van der Waals surface area contributed by atoms with Crippen LogP contribution in [0.3, 0.4) is 0 Å². The van der Waals surface area contributed by atoms with Gasteiger partial charge in [0, 0.05) is 27.3 Å². The first-order valence-corrected chi connectivity index (χ1v) is 9.30. The Bertz CT molecular complexity index is 1420. The molecule has 0 unspecified atom stereocenters. The number of aryl methyl sites for hydroxylation is 2. The molecular formula is C24H21N2+. The fraction of sp³-hybridized carbons (Fsp3) is 0.208. The van der Waals surface area contributed by atoms with Gasteiger partial charge in [-0.1, -0.05) is 62.4 Å². The quantitative estimate of drug-likeness (QED) is 0.272. The van der Waals surface area contributed by atoms with E-state index in [1.165, 1.54) is 55.0 Å². The summed E-state index contributed by atoms with van der Waals surface area (Å²) in [5.74, 6) is 0. The second-order valence-corrected chi connectivity index (χ2v) is 8.22. The lowest BCUT2D eigenvalue weighted by atomic mass is 9.75. The number of benzene rings is 3. The predicted octanol–water partition coefficient (Wildman–Crippen LogP) is 5.17. The summed E-state index contributed by atoms with van der Waals surface area (Å²) >= 11 is 0. The van der Waals surface area contributed by atoms with Crippen LogP contribution < -0.4 is 4.40 Å². The molecule has 0 saturated carbocycles. The van der Waals surface area contributed by atoms with Crippen molar-refractivity contribution in [1.29, 1.82) is 0 Å². The zero-order chi connectivity index (χ0) is 17.8. The van der Waals surface area contributed by atoms with E-state index in [0.29, 0.717) is 0 Å². The van der Waals surface area contributed by atoms with Crippen LogP contribution in [0.4, 0.5) is 0 Å². The van der Waals surface area contributed by atoms with E-state index < -0.39 is 0 Å². The summed E-state index contributed by atoms with van der Waals surface area (Å²) in [5, 5.41) is 4.07. The number of hydrogen-bond acceptors (Lipinski definition) is 0. The Labute approximate surface area is 152 Å². The number of para-hydroxylation sites is 2. The van der Waals surface area contributed by atoms with Crippen molar-refractivity contribution in [2.24, 2.45) is 7.05 Å². The van der Waals surface area contributed by atoms with Crippen molar-refractivity contribution in [2.45, 2.75) is 26.2 Å². The molecule has 0 radical (unpaired) electrons. The van der Waals surface area contributed by atoms with E-state index >= 15 is 0 Å². The molecule has 2 nitrogen and oxygen atoms in total. The zero-order valence-electron chi connectivity index (χ0n) is 15.6. The van der Waals surface area contributed by atoms with E-state index in [1.807, 2.05) is 0 Å². The van der Waals surface area contributed by atoms with E-state index in [1.54, 1.807) is 0 Å². The number of hydrogen-bond donors (Lipinski definition) is 0. The van der Waals surface area contributed by atoms with Gasteiger partial charge in [0.05, 0.1) is 12.4 Å². The molecule has 0 amide bonds. The Morgan fingerprint density at radius 3 is 2.27 bits per heavy atom. The van der Waals surface area contributed by atoms with Gasteiger partial charge in [0.15, 0.2) is 11.0 Å². The Hall–Kier alpha value is -2.87. The van der Waals surface area contributed by atoms with Crippen molar-refractivity contribution in [3.63, 3.8) is 0 Å². The lowest BCUT2D eigenvalue weighted by Gasteiger charge is -2.29. The van der Waals surface area contributed by atoms with Gasteiger partial charge in [-0.3, -0.25) is 0 Å². The molecule has 3 aromatic carbocycles. The second-order valence-electron chi connectivity index (χ2n) is 8.22. The standard InChI is InChI=1S/C24H21N2/c1-14-8-5-9-15-16-10-6-11-17-21(16)26-22-18(24(17,2)3)12-7-13-19(22)25(4)23(26)20(14)15/h5-13H,1-4H3/q+1. The van der Waals surface area contributed by atoms with Gasteiger partial charge >= 0.3 is 0 Å². The van der Waals surface area contributed by atoms with E-state index in [2.05, 4.69) is 91.4 Å². The van der Waals surface area contributed by atoms with Crippen LogP contribution in [0.15, 0.2) is 54.6 Å². The first kappa shape index (κ1) is 14.3. The Morgan fingerprint density at radius 2 is 1.46 bits per heavy atom. The highest BCUT2D eigenvalue weighted by Gasteiger charge is 2.39. The van der Waals surface area contributed by atoms with E-state index in [0.717, 1.165) is 0 Å². The van der Waals surface area contributed by atoms with Crippen LogP contribution in [0.25, 0.3) is 38.4 Å². The number of imidazole rings is 1. The average Bonchev–Trinajstić information content (AvgIpc) is 2.94. The molecule has 3 heterocycles. The van der Waals surface area contributed by atoms with Crippen LogP contribution in [0.2, 0.25) is 0 Å². The van der Waals surface area contributed by atoms with Gasteiger partial charge in [-0.2, -0.15) is 4.40 Å². The highest BCUT2D eigenvalue weighted by Crippen LogP contribution is 2.43. The smallest absolute Gasteiger partial charge is 0.225 e. The third kappa shape index (κ3) is 1.37. The summed E-state index contributed by atoms with van der Waals surface area (Å²) in [6, 6.07) is 20.3. The van der Waals surface area contributed by atoms with Gasteiger partial charge in [0.25, 0.3) is 5.65 Å². The number of aromatic nitrogens is 2. The maximum atomic E-state index is 2.52. The molecule has 26 heavy (non-hydrogen) atoms. The summed E-state index contributed by atoms with van der Waals surface area (Å²) in [6.45, 7) is 6.95. The summed E-state index contributed by atoms with van der Waals surface area (Å²) in [7, 11) is 2.21. The average molecular weight is 337 g/mol. The highest BCUT2D eigenvalue weighted by atomic mass is 15.1. The molecule has 2 aromatic heterocycles. The summed E-state index contributed by atoms with van der Waals surface area (Å²) in [5.41, 5.74) is 9.50. The Kier molecular flexibility index (Phi) is 2.35. The van der Waals surface area contributed by atoms with Crippen molar-refractivity contribution < 1.29 is 4.40 Å². The minimum Gasteiger partial charge on any atom is -0.225 e. The fourth-order valence-corrected chi connectivity index (χ4v) is 5.25. The third-order valence-electron chi connectivity index (χ3n) is 6.52. The van der Waals surface area contributed by atoms with Gasteiger partial charge in [0.1, 0.15) is 5.52 Å². The molecule has 2 heteroatoms. The van der Waals surface area contributed by atoms with E-state index in [9.17, 15) is 0 Å². The molecule has 5 aromatic rings. The van der Waals surface area contributed by atoms with Crippen LogP contribution in [0, 0.1) is 6.92 Å². The van der Waals surface area contributed by atoms with Crippen LogP contribution in [0.5, 0.6) is 0 Å². The molecule has 1 aliphatic rings. The van der Waals surface area contributed by atoms with E-state index in [4.69, 9.17) is 0 Å². The van der Waals surface area contributed by atoms with Gasteiger partial charge in [0.2, 0.25) is 0 Å². The maximum absolute atomic E-state index is 2.52. The topological polar surface area (TPSA) is 9.03 Å². The third-order valence-corrected chi connectivity index (χ3v) is 6.52. The molecule has 0 spiro atoms. The van der Waals surface area contributed by atoms with E-state index in [-0.39, 0.29) is 5.41 Å². The van der Waals surface area contributed by atoms with Gasteiger partial charge in [-0.05, 0) is 18.6 Å². The zero-order valence-corrected chi connectivity index (χ0v) is 15.6. The largest absolute Gasteiger partial charge is 0.295 e. The van der Waals surface area contributed by atoms with Crippen LogP contribution in [0.1, 0.15) is 30.5 Å². The fourth-order valence-electron chi connectivity index (χ4n) is 5.25. The molecule has 0 aliphatic carbocycles. The van der Waals surface area contributed by atoms with Crippen molar-refractivity contribution in [3.8, 4) is 0 Å². The first-order valence-electron chi connectivity index (χ1n) is 9.30. The number of pyridine rings is 1. The molecule has 0 fully saturated rings. The van der Waals surface area contributed by atoms with Crippen LogP contribution >= 0.6 is 0 Å². The Morgan fingerprint density at radius 1 is 0.808 bits per heavy atom. The van der Waals surface area contributed by atoms with Crippen molar-refractivity contribution in [3.05, 3.63) is 71.3 Å². The first-order chi connectivity index (χ1) is 12.5. The molecule has 0 bridgehead atoms. The molecule has 0 saturated heterocycles. The van der Waals surface area contributed by atoms with Gasteiger partial charge < -0.3 is 0 Å². The predicted molar refractivity (Wildman–Crippen MR) is 108 cm³/mol. The molecule has 126 valence electrons. The Balaban J connectivity index is 2.16. The molecule has 0 N–H and O–H groups in total. The molecule has 1 aliphatic heterocycles. The number of rotatable bonds is 0. The number of nitrogens with zero attached hydrogens (tertiary/aromatic N) is 2.